The molecule has 0 aliphatic rings. The van der Waals surface area contributed by atoms with Crippen LogP contribution in [0.1, 0.15) is 27.2 Å². The summed E-state index contributed by atoms with van der Waals surface area (Å²) in [5.74, 6) is 1.47. The predicted octanol–water partition coefficient (Wildman–Crippen LogP) is 2.97. The number of hydrogen-bond donors (Lipinski definition) is 1. The number of phenols is 1. The number of aromatic hydroxyl groups is 1. The normalized spacial score (nSPS) is 10.4. The van der Waals surface area contributed by atoms with Gasteiger partial charge in [-0.15, -0.1) is 0 Å². The van der Waals surface area contributed by atoms with Gasteiger partial charge in [-0.1, -0.05) is 6.92 Å². The fourth-order valence-electron chi connectivity index (χ4n) is 1.17. The Morgan fingerprint density at radius 2 is 2.00 bits per heavy atom. The summed E-state index contributed by atoms with van der Waals surface area (Å²) in [6.45, 7) is 6.57. The summed E-state index contributed by atoms with van der Waals surface area (Å²) >= 11 is 0. The lowest BCUT2D eigenvalue weighted by molar-refractivity contribution is 0.220. The van der Waals surface area contributed by atoms with Crippen LogP contribution in [0, 0.1) is 0 Å². The molecule has 0 atom stereocenters. The van der Waals surface area contributed by atoms with E-state index in [1.165, 1.54) is 0 Å². The summed E-state index contributed by atoms with van der Waals surface area (Å²) in [5, 5.41) is 9.34. The van der Waals surface area contributed by atoms with Gasteiger partial charge in [0.15, 0.2) is 11.5 Å². The highest BCUT2D eigenvalue weighted by Gasteiger charge is 2.07. The first-order valence-electron chi connectivity index (χ1n) is 5.26. The van der Waals surface area contributed by atoms with Gasteiger partial charge in [-0.3, -0.25) is 0 Å². The van der Waals surface area contributed by atoms with Crippen molar-refractivity contribution in [1.29, 1.82) is 0 Å². The Morgan fingerprint density at radius 3 is 2.60 bits per heavy atom. The average Bonchev–Trinajstić information content (AvgIpc) is 2.18. The van der Waals surface area contributed by atoms with Crippen LogP contribution in [-0.4, -0.2) is 17.8 Å². The standard InChI is InChI=1S/C12H18O3/c1-4-7-14-12-8-10(13)5-6-11(12)15-9(2)3/h5-6,8-9,13H,4,7H2,1-3H3. The molecule has 3 heteroatoms. The second-order valence-electron chi connectivity index (χ2n) is 3.65. The van der Waals surface area contributed by atoms with Gasteiger partial charge < -0.3 is 14.6 Å². The van der Waals surface area contributed by atoms with Crippen molar-refractivity contribution >= 4 is 0 Å². The summed E-state index contributed by atoms with van der Waals surface area (Å²) in [6, 6.07) is 4.89. The Kier molecular flexibility index (Phi) is 4.28. The van der Waals surface area contributed by atoms with Gasteiger partial charge in [0.25, 0.3) is 0 Å². The van der Waals surface area contributed by atoms with E-state index in [2.05, 4.69) is 0 Å². The number of rotatable bonds is 5. The van der Waals surface area contributed by atoms with Crippen LogP contribution in [0.2, 0.25) is 0 Å². The van der Waals surface area contributed by atoms with Crippen LogP contribution in [0.15, 0.2) is 18.2 Å². The Morgan fingerprint density at radius 1 is 1.27 bits per heavy atom. The number of benzene rings is 1. The molecule has 0 aromatic heterocycles. The first-order valence-corrected chi connectivity index (χ1v) is 5.26. The lowest BCUT2D eigenvalue weighted by Gasteiger charge is -2.14. The maximum absolute atomic E-state index is 9.34. The predicted molar refractivity (Wildman–Crippen MR) is 59.7 cm³/mol. The van der Waals surface area contributed by atoms with Crippen LogP contribution in [0.4, 0.5) is 0 Å². The van der Waals surface area contributed by atoms with E-state index in [4.69, 9.17) is 9.47 Å². The fourth-order valence-corrected chi connectivity index (χ4v) is 1.17. The lowest BCUT2D eigenvalue weighted by Crippen LogP contribution is -2.07. The molecule has 0 saturated heterocycles. The van der Waals surface area contributed by atoms with Crippen LogP contribution in [0.5, 0.6) is 17.2 Å². The third-order valence-corrected chi connectivity index (χ3v) is 1.75. The molecule has 0 fully saturated rings. The molecule has 0 saturated carbocycles. The average molecular weight is 210 g/mol. The Balaban J connectivity index is 2.82. The molecule has 0 unspecified atom stereocenters. The molecular formula is C12H18O3. The second kappa shape index (κ2) is 5.49. The maximum atomic E-state index is 9.34. The molecule has 84 valence electrons. The van der Waals surface area contributed by atoms with E-state index in [1.54, 1.807) is 18.2 Å². The largest absolute Gasteiger partial charge is 0.508 e. The van der Waals surface area contributed by atoms with Gasteiger partial charge in [-0.05, 0) is 32.4 Å². The zero-order valence-electron chi connectivity index (χ0n) is 9.49. The summed E-state index contributed by atoms with van der Waals surface area (Å²) in [5.41, 5.74) is 0. The topological polar surface area (TPSA) is 38.7 Å². The molecule has 0 heterocycles. The zero-order valence-corrected chi connectivity index (χ0v) is 9.49. The van der Waals surface area contributed by atoms with E-state index < -0.39 is 0 Å². The van der Waals surface area contributed by atoms with Gasteiger partial charge in [0, 0.05) is 6.07 Å². The van der Waals surface area contributed by atoms with Gasteiger partial charge in [0.05, 0.1) is 12.7 Å². The molecule has 0 radical (unpaired) electrons. The van der Waals surface area contributed by atoms with E-state index in [1.807, 2.05) is 20.8 Å². The summed E-state index contributed by atoms with van der Waals surface area (Å²) < 4.78 is 11.0. The first kappa shape index (κ1) is 11.7. The summed E-state index contributed by atoms with van der Waals surface area (Å²) in [7, 11) is 0. The van der Waals surface area contributed by atoms with Gasteiger partial charge in [0.2, 0.25) is 0 Å². The second-order valence-corrected chi connectivity index (χ2v) is 3.65. The van der Waals surface area contributed by atoms with E-state index in [0.29, 0.717) is 18.1 Å². The van der Waals surface area contributed by atoms with Crippen LogP contribution in [0.25, 0.3) is 0 Å². The molecule has 1 N–H and O–H groups in total. The minimum atomic E-state index is 0.0959. The SMILES string of the molecule is CCCOc1cc(O)ccc1OC(C)C. The highest BCUT2D eigenvalue weighted by Crippen LogP contribution is 2.31. The Bertz CT molecular complexity index is 308. The summed E-state index contributed by atoms with van der Waals surface area (Å²) in [4.78, 5) is 0. The van der Waals surface area contributed by atoms with Crippen molar-refractivity contribution in [3.8, 4) is 17.2 Å². The highest BCUT2D eigenvalue weighted by molar-refractivity contribution is 5.45. The highest BCUT2D eigenvalue weighted by atomic mass is 16.5. The Labute approximate surface area is 90.6 Å². The molecule has 1 aromatic rings. The minimum absolute atomic E-state index is 0.0959. The van der Waals surface area contributed by atoms with Crippen molar-refractivity contribution in [1.82, 2.24) is 0 Å². The number of hydrogen-bond acceptors (Lipinski definition) is 3. The fraction of sp³-hybridized carbons (Fsp3) is 0.500. The molecule has 0 aliphatic carbocycles. The third-order valence-electron chi connectivity index (χ3n) is 1.75. The molecule has 0 aliphatic heterocycles. The first-order chi connectivity index (χ1) is 7.13. The molecule has 0 amide bonds. The van der Waals surface area contributed by atoms with Gasteiger partial charge in [-0.2, -0.15) is 0 Å². The van der Waals surface area contributed by atoms with Crippen molar-refractivity contribution < 1.29 is 14.6 Å². The van der Waals surface area contributed by atoms with Gasteiger partial charge in [-0.25, -0.2) is 0 Å². The molecular weight excluding hydrogens is 192 g/mol. The Hall–Kier alpha value is -1.38. The van der Waals surface area contributed by atoms with Crippen LogP contribution in [-0.2, 0) is 0 Å². The number of phenolic OH excluding ortho intramolecular Hbond substituents is 1. The van der Waals surface area contributed by atoms with Gasteiger partial charge >= 0.3 is 0 Å². The van der Waals surface area contributed by atoms with Crippen molar-refractivity contribution in [2.24, 2.45) is 0 Å². The molecule has 3 nitrogen and oxygen atoms in total. The zero-order chi connectivity index (χ0) is 11.3. The quantitative estimate of drug-likeness (QED) is 0.812. The van der Waals surface area contributed by atoms with Crippen molar-refractivity contribution in [2.45, 2.75) is 33.3 Å². The molecule has 1 rings (SSSR count). The molecule has 1 aromatic carbocycles. The van der Waals surface area contributed by atoms with Crippen LogP contribution in [0.3, 0.4) is 0 Å². The molecule has 0 spiro atoms. The van der Waals surface area contributed by atoms with E-state index in [9.17, 15) is 5.11 Å². The van der Waals surface area contributed by atoms with E-state index >= 15 is 0 Å². The molecule has 15 heavy (non-hydrogen) atoms. The van der Waals surface area contributed by atoms with Crippen LogP contribution >= 0.6 is 0 Å². The van der Waals surface area contributed by atoms with Gasteiger partial charge in [0.1, 0.15) is 5.75 Å². The van der Waals surface area contributed by atoms with Crippen molar-refractivity contribution in [3.05, 3.63) is 18.2 Å². The lowest BCUT2D eigenvalue weighted by atomic mass is 10.3. The summed E-state index contributed by atoms with van der Waals surface area (Å²) in [6.07, 6.45) is 1.02. The smallest absolute Gasteiger partial charge is 0.164 e. The maximum Gasteiger partial charge on any atom is 0.164 e. The van der Waals surface area contributed by atoms with E-state index in [-0.39, 0.29) is 11.9 Å². The van der Waals surface area contributed by atoms with Crippen LogP contribution < -0.4 is 9.47 Å². The van der Waals surface area contributed by atoms with Crippen molar-refractivity contribution in [2.75, 3.05) is 6.61 Å². The monoisotopic (exact) mass is 210 g/mol. The minimum Gasteiger partial charge on any atom is -0.508 e. The number of ether oxygens (including phenoxy) is 2. The van der Waals surface area contributed by atoms with E-state index in [0.717, 1.165) is 6.42 Å². The third kappa shape index (κ3) is 3.70. The van der Waals surface area contributed by atoms with Crippen molar-refractivity contribution in [3.63, 3.8) is 0 Å². The molecule has 0 bridgehead atoms.